The van der Waals surface area contributed by atoms with Crippen LogP contribution in [-0.2, 0) is 6.42 Å². The number of hydrogen-bond acceptors (Lipinski definition) is 3. The number of thiazole rings is 1. The summed E-state index contributed by atoms with van der Waals surface area (Å²) in [4.78, 5) is 19.0. The molecule has 1 aromatic rings. The number of halogens is 3. The van der Waals surface area contributed by atoms with Crippen LogP contribution in [0.2, 0.25) is 0 Å². The van der Waals surface area contributed by atoms with E-state index in [1.54, 1.807) is 31.4 Å². The van der Waals surface area contributed by atoms with Crippen molar-refractivity contribution in [3.05, 3.63) is 16.1 Å². The quantitative estimate of drug-likeness (QED) is 0.906. The van der Waals surface area contributed by atoms with E-state index < -0.39 is 17.5 Å². The highest BCUT2D eigenvalue weighted by Gasteiger charge is 2.51. The van der Waals surface area contributed by atoms with Gasteiger partial charge in [-0.25, -0.2) is 9.78 Å². The first-order valence-electron chi connectivity index (χ1n) is 7.60. The number of amides is 2. The number of nitrogens with zero attached hydrogens (tertiary/aromatic N) is 2. The van der Waals surface area contributed by atoms with Crippen LogP contribution in [0.1, 0.15) is 30.2 Å². The molecule has 0 bridgehead atoms. The first-order valence-corrected chi connectivity index (χ1v) is 8.42. The molecule has 0 aromatic carbocycles. The molecular formula is C15H22F3N3OS. The van der Waals surface area contributed by atoms with E-state index in [1.165, 1.54) is 4.90 Å². The Bertz CT molecular complexity index is 556. The van der Waals surface area contributed by atoms with Gasteiger partial charge in [-0.3, -0.25) is 0 Å². The second kappa shape index (κ2) is 6.67. The molecule has 1 N–H and O–H groups in total. The predicted molar refractivity (Wildman–Crippen MR) is 83.5 cm³/mol. The van der Waals surface area contributed by atoms with E-state index in [1.807, 2.05) is 6.92 Å². The molecule has 8 heteroatoms. The maximum atomic E-state index is 13.0. The van der Waals surface area contributed by atoms with Gasteiger partial charge < -0.3 is 10.2 Å². The summed E-state index contributed by atoms with van der Waals surface area (Å²) >= 11 is 1.58. The molecule has 4 nitrogen and oxygen atoms in total. The minimum Gasteiger partial charge on any atom is -0.338 e. The molecule has 1 aliphatic heterocycles. The molecule has 130 valence electrons. The minimum absolute atomic E-state index is 0.0460. The van der Waals surface area contributed by atoms with Crippen molar-refractivity contribution in [2.75, 3.05) is 19.6 Å². The summed E-state index contributed by atoms with van der Waals surface area (Å²) in [5.41, 5.74) is -0.972. The van der Waals surface area contributed by atoms with E-state index in [9.17, 15) is 18.0 Å². The zero-order valence-corrected chi connectivity index (χ0v) is 14.4. The highest BCUT2D eigenvalue weighted by Crippen LogP contribution is 2.44. The first-order chi connectivity index (χ1) is 10.6. The summed E-state index contributed by atoms with van der Waals surface area (Å²) in [6, 6.07) is -0.299. The summed E-state index contributed by atoms with van der Waals surface area (Å²) in [7, 11) is 0. The second-order valence-electron chi connectivity index (χ2n) is 6.64. The van der Waals surface area contributed by atoms with Crippen LogP contribution in [0.15, 0.2) is 6.20 Å². The largest absolute Gasteiger partial charge is 0.392 e. The second-order valence-corrected chi connectivity index (χ2v) is 7.96. The van der Waals surface area contributed by atoms with Crippen molar-refractivity contribution in [3.8, 4) is 0 Å². The van der Waals surface area contributed by atoms with Crippen LogP contribution in [0.4, 0.5) is 18.0 Å². The number of piperidine rings is 1. The number of alkyl halides is 3. The van der Waals surface area contributed by atoms with Gasteiger partial charge in [-0.05, 0) is 18.8 Å². The molecule has 0 unspecified atom stereocenters. The minimum atomic E-state index is -4.21. The third kappa shape index (κ3) is 4.59. The van der Waals surface area contributed by atoms with Gasteiger partial charge in [0.05, 0.1) is 10.9 Å². The van der Waals surface area contributed by atoms with Gasteiger partial charge in [0.1, 0.15) is 0 Å². The van der Waals surface area contributed by atoms with Gasteiger partial charge in [0.2, 0.25) is 0 Å². The molecule has 0 saturated carbocycles. The van der Waals surface area contributed by atoms with E-state index in [0.717, 1.165) is 9.88 Å². The number of likely N-dealkylation sites (tertiary alicyclic amines) is 1. The van der Waals surface area contributed by atoms with Gasteiger partial charge in [0.15, 0.2) is 0 Å². The lowest BCUT2D eigenvalue weighted by molar-refractivity contribution is -0.214. The molecule has 1 aliphatic rings. The molecule has 1 fully saturated rings. The number of hydrogen-bond donors (Lipinski definition) is 1. The summed E-state index contributed by atoms with van der Waals surface area (Å²) in [5, 5.41) is 3.72. The lowest BCUT2D eigenvalue weighted by Gasteiger charge is -2.44. The molecule has 2 heterocycles. The zero-order valence-electron chi connectivity index (χ0n) is 13.5. The monoisotopic (exact) mass is 349 g/mol. The van der Waals surface area contributed by atoms with E-state index in [0.29, 0.717) is 13.0 Å². The number of carbonyl (C=O) groups is 1. The molecule has 1 aromatic heterocycles. The Labute approximate surface area is 138 Å². The Balaban J connectivity index is 1.84. The molecule has 2 rings (SSSR count). The molecule has 0 spiro atoms. The van der Waals surface area contributed by atoms with Gasteiger partial charge in [0.25, 0.3) is 0 Å². The fourth-order valence-electron chi connectivity index (χ4n) is 3.04. The number of aromatic nitrogens is 1. The molecule has 23 heavy (non-hydrogen) atoms. The van der Waals surface area contributed by atoms with Crippen molar-refractivity contribution in [2.45, 2.75) is 39.8 Å². The third-order valence-corrected chi connectivity index (χ3v) is 5.17. The normalized spacial score (nSPS) is 21.3. The van der Waals surface area contributed by atoms with Crippen molar-refractivity contribution < 1.29 is 18.0 Å². The SMILES string of the molecule is Cc1cnc(CCNC(=O)N2CC[C@@H](C(F)(F)F)C(C)(C)C2)s1. The maximum Gasteiger partial charge on any atom is 0.392 e. The smallest absolute Gasteiger partial charge is 0.338 e. The van der Waals surface area contributed by atoms with Gasteiger partial charge in [0, 0.05) is 37.1 Å². The number of urea groups is 1. The molecule has 1 atom stereocenters. The maximum absolute atomic E-state index is 13.0. The van der Waals surface area contributed by atoms with Crippen LogP contribution in [-0.4, -0.2) is 41.7 Å². The lowest BCUT2D eigenvalue weighted by Crippen LogP contribution is -2.54. The van der Waals surface area contributed by atoms with Crippen LogP contribution < -0.4 is 5.32 Å². The van der Waals surface area contributed by atoms with E-state index in [2.05, 4.69) is 10.3 Å². The Morgan fingerprint density at radius 2 is 2.22 bits per heavy atom. The average Bonchev–Trinajstić information content (AvgIpc) is 2.81. The van der Waals surface area contributed by atoms with E-state index in [4.69, 9.17) is 0 Å². The number of aryl methyl sites for hydroxylation is 1. The fraction of sp³-hybridized carbons (Fsp3) is 0.733. The third-order valence-electron chi connectivity index (χ3n) is 4.20. The van der Waals surface area contributed by atoms with Gasteiger partial charge >= 0.3 is 12.2 Å². The topological polar surface area (TPSA) is 45.2 Å². The van der Waals surface area contributed by atoms with E-state index in [-0.39, 0.29) is 25.5 Å². The van der Waals surface area contributed by atoms with Crippen molar-refractivity contribution in [1.29, 1.82) is 0 Å². The van der Waals surface area contributed by atoms with Crippen LogP contribution in [0.5, 0.6) is 0 Å². The van der Waals surface area contributed by atoms with Gasteiger partial charge in [-0.15, -0.1) is 11.3 Å². The Hall–Kier alpha value is -1.31. The highest BCUT2D eigenvalue weighted by atomic mass is 32.1. The molecule has 2 amide bonds. The van der Waals surface area contributed by atoms with Crippen LogP contribution in [0.3, 0.4) is 0 Å². The standard InChI is InChI=1S/C15H22F3N3OS/c1-10-8-20-12(23-10)4-6-19-13(22)21-7-5-11(15(16,17)18)14(2,3)9-21/h8,11H,4-7,9H2,1-3H3,(H,19,22)/t11-/m1/s1. The molecular weight excluding hydrogens is 327 g/mol. The van der Waals surface area contributed by atoms with Crippen LogP contribution >= 0.6 is 11.3 Å². The summed E-state index contributed by atoms with van der Waals surface area (Å²) in [6.07, 6.45) is -1.84. The molecule has 0 aliphatic carbocycles. The summed E-state index contributed by atoms with van der Waals surface area (Å²) in [5.74, 6) is -1.36. The summed E-state index contributed by atoms with van der Waals surface area (Å²) in [6.45, 7) is 5.79. The Morgan fingerprint density at radius 1 is 1.52 bits per heavy atom. The fourth-order valence-corrected chi connectivity index (χ4v) is 3.83. The number of nitrogens with one attached hydrogen (secondary N) is 1. The Morgan fingerprint density at radius 3 is 2.74 bits per heavy atom. The van der Waals surface area contributed by atoms with Crippen LogP contribution in [0.25, 0.3) is 0 Å². The van der Waals surface area contributed by atoms with Crippen molar-refractivity contribution >= 4 is 17.4 Å². The zero-order chi connectivity index (χ0) is 17.3. The predicted octanol–water partition coefficient (Wildman–Crippen LogP) is 3.61. The molecule has 0 radical (unpaired) electrons. The highest BCUT2D eigenvalue weighted by molar-refractivity contribution is 7.11. The first kappa shape index (κ1) is 18.0. The van der Waals surface area contributed by atoms with Gasteiger partial charge in [-0.1, -0.05) is 13.8 Å². The Kier molecular flexibility index (Phi) is 5.23. The van der Waals surface area contributed by atoms with Crippen molar-refractivity contribution in [2.24, 2.45) is 11.3 Å². The van der Waals surface area contributed by atoms with Gasteiger partial charge in [-0.2, -0.15) is 13.2 Å². The molecule has 1 saturated heterocycles. The summed E-state index contributed by atoms with van der Waals surface area (Å²) < 4.78 is 39.1. The number of rotatable bonds is 3. The average molecular weight is 349 g/mol. The lowest BCUT2D eigenvalue weighted by atomic mass is 9.73. The van der Waals surface area contributed by atoms with Crippen molar-refractivity contribution in [1.82, 2.24) is 15.2 Å². The van der Waals surface area contributed by atoms with Crippen molar-refractivity contribution in [3.63, 3.8) is 0 Å². The number of carbonyl (C=O) groups excluding carboxylic acids is 1. The van der Waals surface area contributed by atoms with E-state index >= 15 is 0 Å². The van der Waals surface area contributed by atoms with Crippen LogP contribution in [0, 0.1) is 18.3 Å².